The molecule has 84 valence electrons. The number of hydrogen-bond acceptors (Lipinski definition) is 2. The molecular formula is C13H17N3. The number of aromatic nitrogens is 2. The van der Waals surface area contributed by atoms with E-state index in [-0.39, 0.29) is 0 Å². The molecule has 2 rings (SSSR count). The second kappa shape index (κ2) is 4.39. The molecule has 0 amide bonds. The lowest BCUT2D eigenvalue weighted by Crippen LogP contribution is -2.10. The van der Waals surface area contributed by atoms with E-state index in [1.54, 1.807) is 0 Å². The lowest BCUT2D eigenvalue weighted by molar-refractivity contribution is 0.884. The quantitative estimate of drug-likeness (QED) is 0.825. The van der Waals surface area contributed by atoms with E-state index in [4.69, 9.17) is 0 Å². The zero-order chi connectivity index (χ0) is 11.5. The molecule has 0 bridgehead atoms. The Hall–Kier alpha value is -1.77. The number of rotatable bonds is 3. The Morgan fingerprint density at radius 1 is 1.19 bits per heavy atom. The molecule has 3 heteroatoms. The highest BCUT2D eigenvalue weighted by Crippen LogP contribution is 2.29. The van der Waals surface area contributed by atoms with Gasteiger partial charge in [0.05, 0.1) is 0 Å². The molecule has 0 atom stereocenters. The van der Waals surface area contributed by atoms with Crippen molar-refractivity contribution in [1.29, 1.82) is 0 Å². The van der Waals surface area contributed by atoms with Gasteiger partial charge in [-0.25, -0.2) is 0 Å². The van der Waals surface area contributed by atoms with Crippen LogP contribution in [0.1, 0.15) is 19.5 Å². The molecule has 1 aromatic carbocycles. The fraction of sp³-hybridized carbons (Fsp3) is 0.308. The molecule has 0 radical (unpaired) electrons. The Kier molecular flexibility index (Phi) is 2.95. The third-order valence-corrected chi connectivity index (χ3v) is 2.44. The van der Waals surface area contributed by atoms with Crippen molar-refractivity contribution < 1.29 is 0 Å². The second-order valence-corrected chi connectivity index (χ2v) is 4.24. The minimum absolute atomic E-state index is 0.380. The Morgan fingerprint density at radius 2 is 1.88 bits per heavy atom. The number of nitrogens with zero attached hydrogens (tertiary/aromatic N) is 1. The van der Waals surface area contributed by atoms with E-state index in [2.05, 4.69) is 41.5 Å². The molecule has 0 unspecified atom stereocenters. The molecule has 1 aromatic heterocycles. The van der Waals surface area contributed by atoms with Gasteiger partial charge in [-0.1, -0.05) is 30.3 Å². The van der Waals surface area contributed by atoms with Gasteiger partial charge in [-0.2, -0.15) is 5.10 Å². The van der Waals surface area contributed by atoms with Crippen LogP contribution >= 0.6 is 0 Å². The lowest BCUT2D eigenvalue weighted by Gasteiger charge is -2.09. The minimum atomic E-state index is 0.380. The number of H-pyrrole nitrogens is 1. The van der Waals surface area contributed by atoms with E-state index in [1.165, 1.54) is 5.56 Å². The fourth-order valence-corrected chi connectivity index (χ4v) is 1.77. The Morgan fingerprint density at radius 3 is 2.50 bits per heavy atom. The van der Waals surface area contributed by atoms with Crippen LogP contribution < -0.4 is 5.32 Å². The van der Waals surface area contributed by atoms with Crippen molar-refractivity contribution in [2.45, 2.75) is 26.8 Å². The maximum absolute atomic E-state index is 4.30. The maximum atomic E-state index is 4.30. The molecule has 0 aliphatic heterocycles. The third kappa shape index (κ3) is 2.08. The average molecular weight is 215 g/mol. The van der Waals surface area contributed by atoms with E-state index >= 15 is 0 Å². The summed E-state index contributed by atoms with van der Waals surface area (Å²) in [6, 6.07) is 10.7. The molecule has 0 fully saturated rings. The lowest BCUT2D eigenvalue weighted by atomic mass is 10.1. The number of aromatic amines is 1. The molecule has 0 aliphatic rings. The van der Waals surface area contributed by atoms with Gasteiger partial charge in [0.25, 0.3) is 0 Å². The molecule has 0 saturated heterocycles. The van der Waals surface area contributed by atoms with Crippen molar-refractivity contribution in [3.63, 3.8) is 0 Å². The van der Waals surface area contributed by atoms with Crippen LogP contribution in [0.4, 0.5) is 5.82 Å². The topological polar surface area (TPSA) is 40.7 Å². The normalized spacial score (nSPS) is 10.8. The summed E-state index contributed by atoms with van der Waals surface area (Å²) in [6.45, 7) is 6.26. The first-order valence-corrected chi connectivity index (χ1v) is 5.55. The molecule has 2 aromatic rings. The number of benzene rings is 1. The summed E-state index contributed by atoms with van der Waals surface area (Å²) in [5.41, 5.74) is 3.44. The van der Waals surface area contributed by atoms with Crippen LogP contribution in [-0.4, -0.2) is 16.2 Å². The van der Waals surface area contributed by atoms with Gasteiger partial charge in [-0.05, 0) is 26.3 Å². The SMILES string of the molecule is Cc1[nH]nc(NC(C)C)c1-c1ccccc1. The zero-order valence-corrected chi connectivity index (χ0v) is 9.91. The smallest absolute Gasteiger partial charge is 0.156 e. The predicted molar refractivity (Wildman–Crippen MR) is 67.5 cm³/mol. The Labute approximate surface area is 95.9 Å². The van der Waals surface area contributed by atoms with E-state index in [0.29, 0.717) is 6.04 Å². The predicted octanol–water partition coefficient (Wildman–Crippen LogP) is 3.21. The fourth-order valence-electron chi connectivity index (χ4n) is 1.77. The highest BCUT2D eigenvalue weighted by Gasteiger charge is 2.12. The van der Waals surface area contributed by atoms with Crippen molar-refractivity contribution in [3.05, 3.63) is 36.0 Å². The number of anilines is 1. The van der Waals surface area contributed by atoms with Crippen molar-refractivity contribution in [2.75, 3.05) is 5.32 Å². The Bertz CT molecular complexity index is 457. The van der Waals surface area contributed by atoms with Crippen LogP contribution in [0.15, 0.2) is 30.3 Å². The summed E-state index contributed by atoms with van der Waals surface area (Å²) in [7, 11) is 0. The molecule has 16 heavy (non-hydrogen) atoms. The molecule has 1 heterocycles. The Balaban J connectivity index is 2.43. The summed E-state index contributed by atoms with van der Waals surface area (Å²) < 4.78 is 0. The standard InChI is InChI=1S/C13H17N3/c1-9(2)14-13-12(10(3)15-16-13)11-7-5-4-6-8-11/h4-9H,1-3H3,(H2,14,15,16). The van der Waals surface area contributed by atoms with Crippen LogP contribution in [0, 0.1) is 6.92 Å². The monoisotopic (exact) mass is 215 g/mol. The highest BCUT2D eigenvalue weighted by atomic mass is 15.2. The number of aryl methyl sites for hydroxylation is 1. The van der Waals surface area contributed by atoms with E-state index in [0.717, 1.165) is 17.1 Å². The summed E-state index contributed by atoms with van der Waals surface area (Å²) in [4.78, 5) is 0. The maximum Gasteiger partial charge on any atom is 0.156 e. The number of hydrogen-bond donors (Lipinski definition) is 2. The van der Waals surface area contributed by atoms with Crippen LogP contribution in [0.25, 0.3) is 11.1 Å². The van der Waals surface area contributed by atoms with Gasteiger partial charge in [0, 0.05) is 17.3 Å². The number of nitrogens with one attached hydrogen (secondary N) is 2. The highest BCUT2D eigenvalue weighted by molar-refractivity contribution is 5.77. The van der Waals surface area contributed by atoms with Crippen molar-refractivity contribution in [3.8, 4) is 11.1 Å². The summed E-state index contributed by atoms with van der Waals surface area (Å²) >= 11 is 0. The molecule has 0 spiro atoms. The first-order chi connectivity index (χ1) is 7.68. The van der Waals surface area contributed by atoms with Gasteiger partial charge in [-0.15, -0.1) is 0 Å². The van der Waals surface area contributed by atoms with Crippen LogP contribution in [0.2, 0.25) is 0 Å². The average Bonchev–Trinajstić information content (AvgIpc) is 2.60. The zero-order valence-electron chi connectivity index (χ0n) is 9.91. The first-order valence-electron chi connectivity index (χ1n) is 5.55. The minimum Gasteiger partial charge on any atom is -0.366 e. The van der Waals surface area contributed by atoms with Crippen molar-refractivity contribution in [2.24, 2.45) is 0 Å². The van der Waals surface area contributed by atoms with Gasteiger partial charge >= 0.3 is 0 Å². The molecule has 0 aliphatic carbocycles. The van der Waals surface area contributed by atoms with Gasteiger partial charge in [0.2, 0.25) is 0 Å². The molecule has 0 saturated carbocycles. The van der Waals surface area contributed by atoms with Crippen molar-refractivity contribution >= 4 is 5.82 Å². The summed E-state index contributed by atoms with van der Waals surface area (Å²) in [6.07, 6.45) is 0. The third-order valence-electron chi connectivity index (χ3n) is 2.44. The van der Waals surface area contributed by atoms with Gasteiger partial charge in [0.1, 0.15) is 0 Å². The van der Waals surface area contributed by atoms with Gasteiger partial charge < -0.3 is 5.32 Å². The van der Waals surface area contributed by atoms with Crippen LogP contribution in [0.3, 0.4) is 0 Å². The van der Waals surface area contributed by atoms with Gasteiger partial charge in [0.15, 0.2) is 5.82 Å². The van der Waals surface area contributed by atoms with Gasteiger partial charge in [-0.3, -0.25) is 5.10 Å². The van der Waals surface area contributed by atoms with E-state index in [9.17, 15) is 0 Å². The summed E-state index contributed by atoms with van der Waals surface area (Å²) in [5, 5.41) is 10.7. The van der Waals surface area contributed by atoms with E-state index in [1.807, 2.05) is 25.1 Å². The largest absolute Gasteiger partial charge is 0.366 e. The molecule has 3 nitrogen and oxygen atoms in total. The molecule has 2 N–H and O–H groups in total. The van der Waals surface area contributed by atoms with Crippen LogP contribution in [0.5, 0.6) is 0 Å². The van der Waals surface area contributed by atoms with E-state index < -0.39 is 0 Å². The molecular weight excluding hydrogens is 198 g/mol. The van der Waals surface area contributed by atoms with Crippen LogP contribution in [-0.2, 0) is 0 Å². The van der Waals surface area contributed by atoms with Crippen molar-refractivity contribution in [1.82, 2.24) is 10.2 Å². The first kappa shape index (κ1) is 10.7. The second-order valence-electron chi connectivity index (χ2n) is 4.24. The summed E-state index contributed by atoms with van der Waals surface area (Å²) in [5.74, 6) is 0.929.